The molecule has 2 aromatic heterocycles. The van der Waals surface area contributed by atoms with Crippen LogP contribution in [0, 0.1) is 3.83 Å². The molecule has 90 valence electrons. The van der Waals surface area contributed by atoms with Gasteiger partial charge in [0.25, 0.3) is 0 Å². The highest BCUT2D eigenvalue weighted by molar-refractivity contribution is 14.1. The van der Waals surface area contributed by atoms with Crippen molar-refractivity contribution in [2.24, 2.45) is 0 Å². The van der Waals surface area contributed by atoms with E-state index in [-0.39, 0.29) is 0 Å². The van der Waals surface area contributed by atoms with Crippen molar-refractivity contribution < 1.29 is 4.74 Å². The predicted molar refractivity (Wildman–Crippen MR) is 72.4 cm³/mol. The van der Waals surface area contributed by atoms with Crippen LogP contribution in [0.1, 0.15) is 0 Å². The maximum Gasteiger partial charge on any atom is 0.202 e. The smallest absolute Gasteiger partial charge is 0.202 e. The van der Waals surface area contributed by atoms with E-state index >= 15 is 0 Å². The monoisotopic (exact) mass is 365 g/mol. The number of aromatic nitrogens is 4. The molecule has 1 fully saturated rings. The molecular formula is C9H9ClIN5O. The minimum Gasteiger partial charge on any atom is -0.378 e. The van der Waals surface area contributed by atoms with Crippen molar-refractivity contribution in [1.29, 1.82) is 0 Å². The lowest BCUT2D eigenvalue weighted by Crippen LogP contribution is -2.37. The van der Waals surface area contributed by atoms with Crippen molar-refractivity contribution in [3.05, 3.63) is 9.11 Å². The second-order valence-corrected chi connectivity index (χ2v) is 4.96. The molecule has 1 aliphatic heterocycles. The van der Waals surface area contributed by atoms with Gasteiger partial charge in [0, 0.05) is 35.7 Å². The molecule has 3 rings (SSSR count). The third kappa shape index (κ3) is 2.18. The lowest BCUT2D eigenvalue weighted by Gasteiger charge is -2.27. The quantitative estimate of drug-likeness (QED) is 0.471. The molecule has 0 spiro atoms. The van der Waals surface area contributed by atoms with Gasteiger partial charge >= 0.3 is 0 Å². The molecule has 1 N–H and O–H groups in total. The van der Waals surface area contributed by atoms with Crippen LogP contribution in [0.25, 0.3) is 11.2 Å². The van der Waals surface area contributed by atoms with Gasteiger partial charge in [0.15, 0.2) is 15.3 Å². The molecule has 0 radical (unpaired) electrons. The number of ether oxygens (including phenoxy) is 1. The Labute approximate surface area is 116 Å². The zero-order valence-corrected chi connectivity index (χ0v) is 11.7. The Hall–Kier alpha value is -0.670. The third-order valence-electron chi connectivity index (χ3n) is 2.59. The Morgan fingerprint density at radius 1 is 1.24 bits per heavy atom. The summed E-state index contributed by atoms with van der Waals surface area (Å²) < 4.78 is 6.00. The summed E-state index contributed by atoms with van der Waals surface area (Å²) in [5.41, 5.74) is 1.40. The molecule has 0 bridgehead atoms. The first-order valence-electron chi connectivity index (χ1n) is 5.15. The summed E-state index contributed by atoms with van der Waals surface area (Å²) >= 11 is 7.95. The van der Waals surface area contributed by atoms with Gasteiger partial charge in [-0.1, -0.05) is 0 Å². The number of rotatable bonds is 1. The van der Waals surface area contributed by atoms with Crippen molar-refractivity contribution in [2.75, 3.05) is 31.2 Å². The SMILES string of the molecule is Clc1nc2nc(I)nc(N3CCOCC3)c2[nH]1. The van der Waals surface area contributed by atoms with Crippen LogP contribution < -0.4 is 4.90 Å². The van der Waals surface area contributed by atoms with Crippen LogP contribution in [-0.4, -0.2) is 46.2 Å². The van der Waals surface area contributed by atoms with Crippen LogP contribution >= 0.6 is 34.2 Å². The molecule has 0 saturated carbocycles. The molecule has 0 aliphatic carbocycles. The van der Waals surface area contributed by atoms with Gasteiger partial charge in [-0.2, -0.15) is 4.98 Å². The average molecular weight is 366 g/mol. The maximum atomic E-state index is 5.87. The highest BCUT2D eigenvalue weighted by Crippen LogP contribution is 2.24. The van der Waals surface area contributed by atoms with Crippen molar-refractivity contribution in [2.45, 2.75) is 0 Å². The number of imidazole rings is 1. The number of halogens is 2. The zero-order chi connectivity index (χ0) is 11.8. The minimum atomic E-state index is 0.339. The maximum absolute atomic E-state index is 5.87. The molecule has 17 heavy (non-hydrogen) atoms. The Balaban J connectivity index is 2.12. The molecule has 6 nitrogen and oxygen atoms in total. The number of nitrogens with one attached hydrogen (secondary N) is 1. The van der Waals surface area contributed by atoms with Gasteiger partial charge in [-0.15, -0.1) is 0 Å². The molecule has 0 atom stereocenters. The van der Waals surface area contributed by atoms with E-state index in [0.29, 0.717) is 28.0 Å². The molecule has 1 saturated heterocycles. The number of fused-ring (bicyclic) bond motifs is 1. The molecule has 0 unspecified atom stereocenters. The second-order valence-electron chi connectivity index (χ2n) is 3.64. The normalized spacial score (nSPS) is 16.7. The van der Waals surface area contributed by atoms with Gasteiger partial charge in [0.05, 0.1) is 13.2 Å². The van der Waals surface area contributed by atoms with Gasteiger partial charge in [0.2, 0.25) is 5.28 Å². The summed E-state index contributed by atoms with van der Waals surface area (Å²) in [6, 6.07) is 0. The van der Waals surface area contributed by atoms with Crippen molar-refractivity contribution >= 4 is 51.2 Å². The fourth-order valence-corrected chi connectivity index (χ4v) is 2.46. The average Bonchev–Trinajstić information content (AvgIpc) is 2.69. The summed E-state index contributed by atoms with van der Waals surface area (Å²) in [6.07, 6.45) is 0. The summed E-state index contributed by atoms with van der Waals surface area (Å²) in [5, 5.41) is 0.339. The van der Waals surface area contributed by atoms with E-state index in [0.717, 1.165) is 24.4 Å². The molecular weight excluding hydrogens is 356 g/mol. The van der Waals surface area contributed by atoms with Gasteiger partial charge in [0.1, 0.15) is 5.52 Å². The van der Waals surface area contributed by atoms with Crippen molar-refractivity contribution in [3.63, 3.8) is 0 Å². The number of hydrogen-bond donors (Lipinski definition) is 1. The first kappa shape index (κ1) is 11.4. The van der Waals surface area contributed by atoms with E-state index in [2.05, 4.69) is 47.4 Å². The van der Waals surface area contributed by atoms with E-state index in [9.17, 15) is 0 Å². The highest BCUT2D eigenvalue weighted by atomic mass is 127. The molecule has 2 aromatic rings. The largest absolute Gasteiger partial charge is 0.378 e. The lowest BCUT2D eigenvalue weighted by atomic mass is 10.4. The Morgan fingerprint density at radius 3 is 2.76 bits per heavy atom. The van der Waals surface area contributed by atoms with Crippen LogP contribution in [0.4, 0.5) is 5.82 Å². The van der Waals surface area contributed by atoms with Gasteiger partial charge in [-0.3, -0.25) is 0 Å². The van der Waals surface area contributed by atoms with Crippen LogP contribution in [0.5, 0.6) is 0 Å². The number of nitrogens with zero attached hydrogens (tertiary/aromatic N) is 4. The Bertz CT molecular complexity index is 554. The van der Waals surface area contributed by atoms with Gasteiger partial charge in [-0.05, 0) is 11.6 Å². The molecule has 3 heterocycles. The van der Waals surface area contributed by atoms with Crippen LogP contribution in [0.3, 0.4) is 0 Å². The molecule has 0 aromatic carbocycles. The number of H-pyrrole nitrogens is 1. The van der Waals surface area contributed by atoms with E-state index in [1.54, 1.807) is 0 Å². The number of anilines is 1. The summed E-state index contributed by atoms with van der Waals surface area (Å²) in [7, 11) is 0. The van der Waals surface area contributed by atoms with Crippen LogP contribution in [0.15, 0.2) is 0 Å². The summed E-state index contributed by atoms with van der Waals surface area (Å²) in [4.78, 5) is 18.0. The second kappa shape index (κ2) is 4.54. The molecule has 1 aliphatic rings. The molecule has 0 amide bonds. The van der Waals surface area contributed by atoms with E-state index < -0.39 is 0 Å². The fraction of sp³-hybridized carbons (Fsp3) is 0.444. The third-order valence-corrected chi connectivity index (χ3v) is 3.25. The van der Waals surface area contributed by atoms with Gasteiger partial charge < -0.3 is 14.6 Å². The lowest BCUT2D eigenvalue weighted by molar-refractivity contribution is 0.122. The van der Waals surface area contributed by atoms with Gasteiger partial charge in [-0.25, -0.2) is 9.97 Å². The predicted octanol–water partition coefficient (Wildman–Crippen LogP) is 1.45. The Morgan fingerprint density at radius 2 is 2.00 bits per heavy atom. The first-order valence-corrected chi connectivity index (χ1v) is 6.61. The van der Waals surface area contributed by atoms with Crippen molar-refractivity contribution in [1.82, 2.24) is 19.9 Å². The van der Waals surface area contributed by atoms with E-state index in [1.165, 1.54) is 0 Å². The highest BCUT2D eigenvalue weighted by Gasteiger charge is 2.19. The summed E-state index contributed by atoms with van der Waals surface area (Å²) in [6.45, 7) is 3.06. The van der Waals surface area contributed by atoms with E-state index in [1.807, 2.05) is 0 Å². The number of aromatic amines is 1. The topological polar surface area (TPSA) is 66.9 Å². The molecule has 8 heteroatoms. The minimum absolute atomic E-state index is 0.339. The zero-order valence-electron chi connectivity index (χ0n) is 8.78. The Kier molecular flexibility index (Phi) is 3.05. The summed E-state index contributed by atoms with van der Waals surface area (Å²) in [5.74, 6) is 0.849. The van der Waals surface area contributed by atoms with Crippen LogP contribution in [0.2, 0.25) is 5.28 Å². The standard InChI is InChI=1S/C9H9ClIN5O/c10-8-12-5-6(13-8)14-9(11)15-7(5)16-1-3-17-4-2-16/h1-4H2,(H,12,13,14,15). The number of hydrogen-bond acceptors (Lipinski definition) is 5. The first-order chi connectivity index (χ1) is 8.24. The van der Waals surface area contributed by atoms with Crippen molar-refractivity contribution in [3.8, 4) is 0 Å². The number of morpholine rings is 1. The van der Waals surface area contributed by atoms with E-state index in [4.69, 9.17) is 16.3 Å². The van der Waals surface area contributed by atoms with Crippen LogP contribution in [-0.2, 0) is 4.74 Å². The fourth-order valence-electron chi connectivity index (χ4n) is 1.83.